The third-order valence-corrected chi connectivity index (χ3v) is 4.74. The third kappa shape index (κ3) is 3.43. The first kappa shape index (κ1) is 14.5. The summed E-state index contributed by atoms with van der Waals surface area (Å²) < 4.78 is 14.0. The molecule has 2 N–H and O–H groups in total. The molecule has 0 radical (unpaired) electrons. The van der Waals surface area contributed by atoms with Gasteiger partial charge in [-0.05, 0) is 62.4 Å². The Hall–Kier alpha value is -1.42. The predicted octanol–water partition coefficient (Wildman–Crippen LogP) is 2.97. The molecule has 0 unspecified atom stereocenters. The second-order valence-corrected chi connectivity index (χ2v) is 6.22. The molecule has 1 amide bonds. The van der Waals surface area contributed by atoms with Crippen LogP contribution in [0, 0.1) is 5.82 Å². The molecular weight excluding hydrogens is 267 g/mol. The quantitative estimate of drug-likeness (QED) is 0.898. The number of halogens is 1. The maximum Gasteiger partial charge on any atom is 0.254 e. The lowest BCUT2D eigenvalue weighted by molar-refractivity contribution is 0.0933. The van der Waals surface area contributed by atoms with Crippen molar-refractivity contribution in [3.05, 3.63) is 35.1 Å². The predicted molar refractivity (Wildman–Crippen MR) is 81.0 cm³/mol. The normalized spacial score (nSPS) is 20.6. The Morgan fingerprint density at radius 3 is 2.57 bits per heavy atom. The molecule has 0 atom stereocenters. The molecule has 1 saturated heterocycles. The second kappa shape index (κ2) is 6.56. The highest BCUT2D eigenvalue weighted by Gasteiger charge is 2.22. The zero-order chi connectivity index (χ0) is 14.7. The summed E-state index contributed by atoms with van der Waals surface area (Å²) in [6.07, 6.45) is 6.44. The number of benzene rings is 1. The summed E-state index contributed by atoms with van der Waals surface area (Å²) in [6.45, 7) is 1.98. The summed E-state index contributed by atoms with van der Waals surface area (Å²) in [4.78, 5) is 12.3. The van der Waals surface area contributed by atoms with E-state index in [1.54, 1.807) is 6.07 Å². The Morgan fingerprint density at radius 1 is 1.14 bits per heavy atom. The Kier molecular flexibility index (Phi) is 4.54. The minimum absolute atomic E-state index is 0.206. The number of hydrogen-bond donors (Lipinski definition) is 2. The van der Waals surface area contributed by atoms with Gasteiger partial charge in [-0.1, -0.05) is 18.9 Å². The lowest BCUT2D eigenvalue weighted by atomic mass is 9.89. The number of nitrogens with one attached hydrogen (secondary N) is 2. The molecule has 2 aliphatic rings. The number of amides is 1. The topological polar surface area (TPSA) is 41.1 Å². The largest absolute Gasteiger partial charge is 0.349 e. The van der Waals surface area contributed by atoms with E-state index in [1.807, 2.05) is 6.07 Å². The van der Waals surface area contributed by atoms with Gasteiger partial charge in [-0.15, -0.1) is 0 Å². The van der Waals surface area contributed by atoms with E-state index in [4.69, 9.17) is 0 Å². The summed E-state index contributed by atoms with van der Waals surface area (Å²) in [5.74, 6) is -0.233. The number of rotatable bonds is 3. The Labute approximate surface area is 125 Å². The number of piperidine rings is 1. The van der Waals surface area contributed by atoms with Crippen molar-refractivity contribution in [2.75, 3.05) is 13.1 Å². The van der Waals surface area contributed by atoms with Crippen molar-refractivity contribution in [2.45, 2.75) is 50.5 Å². The highest BCUT2D eigenvalue weighted by molar-refractivity contribution is 5.94. The molecule has 1 heterocycles. The summed E-state index contributed by atoms with van der Waals surface area (Å²) in [6, 6.07) is 5.26. The van der Waals surface area contributed by atoms with Gasteiger partial charge < -0.3 is 10.6 Å². The van der Waals surface area contributed by atoms with Gasteiger partial charge in [0.1, 0.15) is 5.82 Å². The molecule has 1 saturated carbocycles. The molecule has 1 aliphatic heterocycles. The summed E-state index contributed by atoms with van der Waals surface area (Å²) in [5.41, 5.74) is 1.30. The average Bonchev–Trinajstić information content (AvgIpc) is 3.01. The van der Waals surface area contributed by atoms with E-state index >= 15 is 0 Å². The average molecular weight is 290 g/mol. The third-order valence-electron chi connectivity index (χ3n) is 4.74. The van der Waals surface area contributed by atoms with Crippen LogP contribution in [0.5, 0.6) is 0 Å². The first-order valence-corrected chi connectivity index (χ1v) is 8.05. The van der Waals surface area contributed by atoms with Crippen LogP contribution in [0.15, 0.2) is 18.2 Å². The molecule has 1 aromatic rings. The van der Waals surface area contributed by atoms with Gasteiger partial charge in [0, 0.05) is 6.04 Å². The van der Waals surface area contributed by atoms with Crippen LogP contribution in [0.4, 0.5) is 4.39 Å². The Bertz CT molecular complexity index is 506. The molecular formula is C17H23FN2O. The van der Waals surface area contributed by atoms with Gasteiger partial charge in [0.15, 0.2) is 0 Å². The molecule has 114 valence electrons. The van der Waals surface area contributed by atoms with Crippen LogP contribution >= 0.6 is 0 Å². The van der Waals surface area contributed by atoms with Crippen LogP contribution in [0.1, 0.15) is 60.4 Å². The molecule has 0 aromatic heterocycles. The van der Waals surface area contributed by atoms with E-state index in [9.17, 15) is 9.18 Å². The van der Waals surface area contributed by atoms with Crippen molar-refractivity contribution in [3.63, 3.8) is 0 Å². The van der Waals surface area contributed by atoms with E-state index in [0.717, 1.165) is 57.2 Å². The number of carbonyl (C=O) groups excluding carboxylic acids is 1. The van der Waals surface area contributed by atoms with Gasteiger partial charge in [-0.25, -0.2) is 4.39 Å². The van der Waals surface area contributed by atoms with Gasteiger partial charge >= 0.3 is 0 Å². The van der Waals surface area contributed by atoms with Crippen LogP contribution in [-0.4, -0.2) is 25.0 Å². The molecule has 1 aromatic carbocycles. The standard InChI is InChI=1S/C17H23FN2O/c18-16-6-5-13(12-7-9-19-10-8-12)11-15(16)17(21)20-14-3-1-2-4-14/h5-6,11-12,14,19H,1-4,7-10H2,(H,20,21). The molecule has 3 nitrogen and oxygen atoms in total. The second-order valence-electron chi connectivity index (χ2n) is 6.22. The summed E-state index contributed by atoms with van der Waals surface area (Å²) in [7, 11) is 0. The van der Waals surface area contributed by atoms with Gasteiger partial charge in [0.05, 0.1) is 5.56 Å². The fraction of sp³-hybridized carbons (Fsp3) is 0.588. The van der Waals surface area contributed by atoms with Gasteiger partial charge in [-0.3, -0.25) is 4.79 Å². The van der Waals surface area contributed by atoms with Crippen LogP contribution in [0.25, 0.3) is 0 Å². The monoisotopic (exact) mass is 290 g/mol. The lowest BCUT2D eigenvalue weighted by Crippen LogP contribution is -2.33. The minimum atomic E-state index is -0.414. The van der Waals surface area contributed by atoms with Crippen molar-refractivity contribution in [1.82, 2.24) is 10.6 Å². The number of hydrogen-bond acceptors (Lipinski definition) is 2. The fourth-order valence-electron chi connectivity index (χ4n) is 3.46. The maximum atomic E-state index is 14.0. The molecule has 21 heavy (non-hydrogen) atoms. The van der Waals surface area contributed by atoms with E-state index in [-0.39, 0.29) is 17.5 Å². The van der Waals surface area contributed by atoms with E-state index in [1.165, 1.54) is 6.07 Å². The zero-order valence-electron chi connectivity index (χ0n) is 12.3. The van der Waals surface area contributed by atoms with Gasteiger partial charge in [0.2, 0.25) is 0 Å². The zero-order valence-corrected chi connectivity index (χ0v) is 12.3. The van der Waals surface area contributed by atoms with Crippen LogP contribution < -0.4 is 10.6 Å². The van der Waals surface area contributed by atoms with Crippen LogP contribution in [0.2, 0.25) is 0 Å². The van der Waals surface area contributed by atoms with Gasteiger partial charge in [-0.2, -0.15) is 0 Å². The number of carbonyl (C=O) groups is 1. The van der Waals surface area contributed by atoms with E-state index in [2.05, 4.69) is 10.6 Å². The van der Waals surface area contributed by atoms with Crippen LogP contribution in [-0.2, 0) is 0 Å². The van der Waals surface area contributed by atoms with E-state index < -0.39 is 5.82 Å². The van der Waals surface area contributed by atoms with Crippen LogP contribution in [0.3, 0.4) is 0 Å². The smallest absolute Gasteiger partial charge is 0.254 e. The van der Waals surface area contributed by atoms with E-state index in [0.29, 0.717) is 5.92 Å². The van der Waals surface area contributed by atoms with Crippen molar-refractivity contribution in [3.8, 4) is 0 Å². The molecule has 0 bridgehead atoms. The van der Waals surface area contributed by atoms with Gasteiger partial charge in [0.25, 0.3) is 5.91 Å². The lowest BCUT2D eigenvalue weighted by Gasteiger charge is -2.23. The highest BCUT2D eigenvalue weighted by atomic mass is 19.1. The Balaban J connectivity index is 1.75. The highest BCUT2D eigenvalue weighted by Crippen LogP contribution is 2.27. The first-order valence-electron chi connectivity index (χ1n) is 8.05. The minimum Gasteiger partial charge on any atom is -0.349 e. The molecule has 0 spiro atoms. The molecule has 1 aliphatic carbocycles. The van der Waals surface area contributed by atoms with Crippen molar-refractivity contribution in [2.24, 2.45) is 0 Å². The SMILES string of the molecule is O=C(NC1CCCC1)c1cc(C2CCNCC2)ccc1F. The van der Waals surface area contributed by atoms with Crippen molar-refractivity contribution in [1.29, 1.82) is 0 Å². The Morgan fingerprint density at radius 2 is 1.86 bits per heavy atom. The summed E-state index contributed by atoms with van der Waals surface area (Å²) >= 11 is 0. The molecule has 4 heteroatoms. The first-order chi connectivity index (χ1) is 10.2. The maximum absolute atomic E-state index is 14.0. The molecule has 2 fully saturated rings. The van der Waals surface area contributed by atoms with Crippen molar-refractivity contribution >= 4 is 5.91 Å². The summed E-state index contributed by atoms with van der Waals surface area (Å²) in [5, 5.41) is 6.30. The van der Waals surface area contributed by atoms with Crippen molar-refractivity contribution < 1.29 is 9.18 Å². The molecule has 3 rings (SSSR count). The fourth-order valence-corrected chi connectivity index (χ4v) is 3.46.